The van der Waals surface area contributed by atoms with Gasteiger partial charge in [-0.15, -0.1) is 0 Å². The molecule has 0 bridgehead atoms. The van der Waals surface area contributed by atoms with E-state index in [4.69, 9.17) is 0 Å². The first-order chi connectivity index (χ1) is 12.2. The third-order valence-electron chi connectivity index (χ3n) is 4.21. The maximum atomic E-state index is 12.6. The lowest BCUT2D eigenvalue weighted by Gasteiger charge is -2.35. The number of hydrogen-bond donors (Lipinski definition) is 0. The average Bonchev–Trinajstić information content (AvgIpc) is 2.60. The molecule has 1 saturated heterocycles. The summed E-state index contributed by atoms with van der Waals surface area (Å²) in [6, 6.07) is 5.91. The molecular weight excluding hydrogens is 368 g/mol. The van der Waals surface area contributed by atoms with Crippen LogP contribution < -0.4 is 4.74 Å². The quantitative estimate of drug-likeness (QED) is 0.692. The molecule has 26 heavy (non-hydrogen) atoms. The van der Waals surface area contributed by atoms with Gasteiger partial charge in [-0.05, 0) is 12.1 Å². The Morgan fingerprint density at radius 1 is 1.19 bits per heavy atom. The van der Waals surface area contributed by atoms with Crippen LogP contribution in [-0.2, 0) is 10.0 Å². The average molecular weight is 391 g/mol. The number of carbonyl (C=O) groups is 1. The summed E-state index contributed by atoms with van der Waals surface area (Å²) < 4.78 is 54.2. The molecule has 2 rings (SSSR count). The summed E-state index contributed by atoms with van der Waals surface area (Å²) >= 11 is 0. The van der Waals surface area contributed by atoms with Crippen LogP contribution in [0.25, 0.3) is 0 Å². The van der Waals surface area contributed by atoms with Crippen LogP contribution in [0.2, 0.25) is 0 Å². The Kier molecular flexibility index (Phi) is 6.90. The van der Waals surface area contributed by atoms with Crippen LogP contribution >= 0.6 is 0 Å². The number of alkyl halides is 2. The van der Waals surface area contributed by atoms with E-state index in [1.807, 2.05) is 4.90 Å². The molecule has 1 heterocycles. The number of sulfonamides is 1. The predicted molar refractivity (Wildman–Crippen MR) is 92.9 cm³/mol. The normalized spacial score (nSPS) is 16.3. The number of para-hydroxylation sites is 1. The summed E-state index contributed by atoms with van der Waals surface area (Å²) in [4.78, 5) is 16.1. The van der Waals surface area contributed by atoms with Crippen LogP contribution in [0.15, 0.2) is 24.3 Å². The summed E-state index contributed by atoms with van der Waals surface area (Å²) in [5, 5.41) is 0. The largest absolute Gasteiger partial charge is 0.434 e. The fraction of sp³-hybridized carbons (Fsp3) is 0.562. The van der Waals surface area contributed by atoms with E-state index in [0.29, 0.717) is 32.7 Å². The van der Waals surface area contributed by atoms with Crippen molar-refractivity contribution in [1.82, 2.24) is 14.1 Å². The molecule has 0 aliphatic carbocycles. The van der Waals surface area contributed by atoms with Crippen molar-refractivity contribution in [3.05, 3.63) is 29.8 Å². The smallest absolute Gasteiger partial charge is 0.387 e. The van der Waals surface area contributed by atoms with Crippen molar-refractivity contribution in [3.8, 4) is 5.75 Å². The van der Waals surface area contributed by atoms with Crippen molar-refractivity contribution in [3.63, 3.8) is 0 Å². The maximum absolute atomic E-state index is 12.6. The van der Waals surface area contributed by atoms with Gasteiger partial charge in [-0.2, -0.15) is 8.78 Å². The maximum Gasteiger partial charge on any atom is 0.387 e. The number of hydrogen-bond acceptors (Lipinski definition) is 5. The van der Waals surface area contributed by atoms with E-state index >= 15 is 0 Å². The Morgan fingerprint density at radius 2 is 1.81 bits per heavy atom. The van der Waals surface area contributed by atoms with Crippen LogP contribution in [0.1, 0.15) is 10.4 Å². The standard InChI is InChI=1S/C16H23F2N3O4S/c1-19(2)26(23,24)12-11-20-7-9-21(10-8-20)15(22)13-5-3-4-6-14(13)25-16(17)18/h3-6,16H,7-12H2,1-2H3. The van der Waals surface area contributed by atoms with Gasteiger partial charge in [-0.25, -0.2) is 12.7 Å². The summed E-state index contributed by atoms with van der Waals surface area (Å²) in [7, 11) is -0.282. The number of amides is 1. The molecule has 10 heteroatoms. The first-order valence-electron chi connectivity index (χ1n) is 8.16. The van der Waals surface area contributed by atoms with Crippen molar-refractivity contribution in [1.29, 1.82) is 0 Å². The fourth-order valence-electron chi connectivity index (χ4n) is 2.61. The Balaban J connectivity index is 1.93. The minimum Gasteiger partial charge on any atom is -0.434 e. The van der Waals surface area contributed by atoms with Crippen LogP contribution in [0.5, 0.6) is 5.75 Å². The van der Waals surface area contributed by atoms with Gasteiger partial charge < -0.3 is 9.64 Å². The van der Waals surface area contributed by atoms with Gasteiger partial charge in [-0.3, -0.25) is 9.69 Å². The van der Waals surface area contributed by atoms with Gasteiger partial charge in [0.1, 0.15) is 5.75 Å². The fourth-order valence-corrected chi connectivity index (χ4v) is 3.47. The van der Waals surface area contributed by atoms with Gasteiger partial charge in [0.25, 0.3) is 5.91 Å². The van der Waals surface area contributed by atoms with E-state index in [1.54, 1.807) is 11.0 Å². The number of nitrogens with zero attached hydrogens (tertiary/aromatic N) is 3. The Morgan fingerprint density at radius 3 is 2.38 bits per heavy atom. The zero-order valence-electron chi connectivity index (χ0n) is 14.8. The second-order valence-corrected chi connectivity index (χ2v) is 8.41. The highest BCUT2D eigenvalue weighted by Crippen LogP contribution is 2.22. The van der Waals surface area contributed by atoms with Crippen molar-refractivity contribution in [2.45, 2.75) is 6.61 Å². The molecule has 0 radical (unpaired) electrons. The molecule has 1 aromatic carbocycles. The third-order valence-corrected chi connectivity index (χ3v) is 6.03. The summed E-state index contributed by atoms with van der Waals surface area (Å²) in [6.07, 6.45) is 0. The minimum absolute atomic E-state index is 0.0129. The van der Waals surface area contributed by atoms with E-state index in [9.17, 15) is 22.0 Å². The molecule has 1 amide bonds. The molecular formula is C16H23F2N3O4S. The molecule has 1 aliphatic rings. The highest BCUT2D eigenvalue weighted by Gasteiger charge is 2.26. The monoisotopic (exact) mass is 391 g/mol. The molecule has 1 fully saturated rings. The number of carbonyl (C=O) groups excluding carboxylic acids is 1. The van der Waals surface area contributed by atoms with Crippen LogP contribution in [-0.4, -0.2) is 87.6 Å². The van der Waals surface area contributed by atoms with Gasteiger partial charge in [0.2, 0.25) is 10.0 Å². The lowest BCUT2D eigenvalue weighted by molar-refractivity contribution is -0.0503. The van der Waals surface area contributed by atoms with Gasteiger partial charge >= 0.3 is 6.61 Å². The first kappa shape index (κ1) is 20.5. The summed E-state index contributed by atoms with van der Waals surface area (Å²) in [5.41, 5.74) is 0.0939. The molecule has 0 aromatic heterocycles. The molecule has 0 N–H and O–H groups in total. The van der Waals surface area contributed by atoms with E-state index < -0.39 is 16.6 Å². The lowest BCUT2D eigenvalue weighted by Crippen LogP contribution is -2.50. The number of piperazine rings is 1. The Hall–Kier alpha value is -1.78. The van der Waals surface area contributed by atoms with E-state index in [1.165, 1.54) is 36.6 Å². The molecule has 0 unspecified atom stereocenters. The topological polar surface area (TPSA) is 70.2 Å². The summed E-state index contributed by atoms with van der Waals surface area (Å²) in [6.45, 7) is -0.792. The van der Waals surface area contributed by atoms with Gasteiger partial charge in [0, 0.05) is 46.8 Å². The van der Waals surface area contributed by atoms with Gasteiger partial charge in [0.05, 0.1) is 11.3 Å². The summed E-state index contributed by atoms with van der Waals surface area (Å²) in [5.74, 6) is -0.507. The first-order valence-corrected chi connectivity index (χ1v) is 9.77. The zero-order chi connectivity index (χ0) is 19.3. The Labute approximate surface area is 152 Å². The van der Waals surface area contributed by atoms with Crippen molar-refractivity contribution in [2.75, 3.05) is 52.6 Å². The molecule has 7 nitrogen and oxygen atoms in total. The van der Waals surface area contributed by atoms with E-state index in [0.717, 1.165) is 0 Å². The highest BCUT2D eigenvalue weighted by atomic mass is 32.2. The molecule has 0 atom stereocenters. The zero-order valence-corrected chi connectivity index (χ0v) is 15.6. The number of halogens is 2. The highest BCUT2D eigenvalue weighted by molar-refractivity contribution is 7.89. The minimum atomic E-state index is -3.26. The lowest BCUT2D eigenvalue weighted by atomic mass is 10.1. The number of ether oxygens (including phenoxy) is 1. The molecule has 0 saturated carbocycles. The van der Waals surface area contributed by atoms with Crippen molar-refractivity contribution >= 4 is 15.9 Å². The number of rotatable bonds is 7. The van der Waals surface area contributed by atoms with Gasteiger partial charge in [-0.1, -0.05) is 12.1 Å². The van der Waals surface area contributed by atoms with Crippen LogP contribution in [0.4, 0.5) is 8.78 Å². The van der Waals surface area contributed by atoms with E-state index in [-0.39, 0.29) is 23.0 Å². The second kappa shape index (κ2) is 8.74. The molecule has 146 valence electrons. The van der Waals surface area contributed by atoms with Crippen LogP contribution in [0, 0.1) is 0 Å². The number of benzene rings is 1. The van der Waals surface area contributed by atoms with E-state index in [2.05, 4.69) is 4.74 Å². The Bertz CT molecular complexity index is 720. The van der Waals surface area contributed by atoms with Crippen molar-refractivity contribution < 1.29 is 26.7 Å². The molecule has 1 aliphatic heterocycles. The second-order valence-electron chi connectivity index (χ2n) is 6.11. The van der Waals surface area contributed by atoms with Crippen molar-refractivity contribution in [2.24, 2.45) is 0 Å². The van der Waals surface area contributed by atoms with Gasteiger partial charge in [0.15, 0.2) is 0 Å². The van der Waals surface area contributed by atoms with Crippen LogP contribution in [0.3, 0.4) is 0 Å². The third kappa shape index (κ3) is 5.36. The predicted octanol–water partition coefficient (Wildman–Crippen LogP) is 0.937. The molecule has 1 aromatic rings. The SMILES string of the molecule is CN(C)S(=O)(=O)CCN1CCN(C(=O)c2ccccc2OC(F)F)CC1. The molecule has 0 spiro atoms.